The molecule has 0 aromatic carbocycles. The number of nitrogens with zero attached hydrogens (tertiary/aromatic N) is 1. The zero-order valence-electron chi connectivity index (χ0n) is 9.91. The first kappa shape index (κ1) is 14.1. The molecule has 0 radical (unpaired) electrons. The Morgan fingerprint density at radius 2 is 1.71 bits per heavy atom. The largest absolute Gasteiger partial charge is 0.400 e. The van der Waals surface area contributed by atoms with Crippen LogP contribution in [0.5, 0.6) is 0 Å². The maximum absolute atomic E-state index is 11.2. The third kappa shape index (κ3) is 6.35. The Morgan fingerprint density at radius 1 is 1.06 bits per heavy atom. The fourth-order valence-corrected chi connectivity index (χ4v) is 1.84. The van der Waals surface area contributed by atoms with Crippen LogP contribution in [0, 0.1) is 0 Å². The smallest absolute Gasteiger partial charge is 0.248 e. The molecule has 5 nitrogen and oxygen atoms in total. The van der Waals surface area contributed by atoms with Crippen LogP contribution in [0.4, 0.5) is 0 Å². The van der Waals surface area contributed by atoms with Crippen molar-refractivity contribution in [3.63, 3.8) is 0 Å². The van der Waals surface area contributed by atoms with E-state index in [1.165, 1.54) is 0 Å². The maximum atomic E-state index is 11.2. The molecule has 0 N–H and O–H groups in total. The number of pyridine rings is 1. The summed E-state index contributed by atoms with van der Waals surface area (Å²) in [5.41, 5.74) is 0. The minimum atomic E-state index is -3.84. The van der Waals surface area contributed by atoms with Crippen LogP contribution in [0.15, 0.2) is 30.6 Å². The summed E-state index contributed by atoms with van der Waals surface area (Å²) in [4.78, 5) is 0. The molecular formula is C11H18NO4S+. The third-order valence-electron chi connectivity index (χ3n) is 2.08. The minimum absolute atomic E-state index is 0.0726. The van der Waals surface area contributed by atoms with E-state index in [4.69, 9.17) is 4.18 Å². The van der Waals surface area contributed by atoms with E-state index in [2.05, 4.69) is 4.18 Å². The van der Waals surface area contributed by atoms with Gasteiger partial charge in [-0.05, 0) is 6.42 Å². The van der Waals surface area contributed by atoms with Crippen LogP contribution in [0.2, 0.25) is 0 Å². The van der Waals surface area contributed by atoms with Gasteiger partial charge < -0.3 is 0 Å². The zero-order chi connectivity index (χ0) is 12.6. The van der Waals surface area contributed by atoms with Crippen LogP contribution in [-0.4, -0.2) is 21.6 Å². The number of rotatable bonds is 8. The van der Waals surface area contributed by atoms with Crippen LogP contribution in [0.25, 0.3) is 0 Å². The first-order valence-corrected chi connectivity index (χ1v) is 6.95. The van der Waals surface area contributed by atoms with Crippen LogP contribution in [0.3, 0.4) is 0 Å². The Hall–Kier alpha value is -0.980. The Balaban J connectivity index is 2.26. The molecule has 6 heteroatoms. The lowest BCUT2D eigenvalue weighted by Gasteiger charge is -2.03. The Labute approximate surface area is 102 Å². The number of hydrogen-bond acceptors (Lipinski definition) is 4. The van der Waals surface area contributed by atoms with Gasteiger partial charge in [-0.25, -0.2) is 12.9 Å². The van der Waals surface area contributed by atoms with Crippen molar-refractivity contribution in [2.24, 2.45) is 0 Å². The highest BCUT2D eigenvalue weighted by Gasteiger charge is 2.12. The number of hydrogen-bond donors (Lipinski definition) is 0. The van der Waals surface area contributed by atoms with E-state index in [1.807, 2.05) is 42.1 Å². The Morgan fingerprint density at radius 3 is 2.35 bits per heavy atom. The molecule has 0 amide bonds. The summed E-state index contributed by atoms with van der Waals surface area (Å²) >= 11 is 0. The second-order valence-corrected chi connectivity index (χ2v) is 4.81. The van der Waals surface area contributed by atoms with Gasteiger partial charge >= 0.3 is 10.4 Å². The van der Waals surface area contributed by atoms with Gasteiger partial charge in [0.05, 0.1) is 6.61 Å². The van der Waals surface area contributed by atoms with Gasteiger partial charge in [-0.3, -0.25) is 0 Å². The molecule has 0 saturated carbocycles. The van der Waals surface area contributed by atoms with Gasteiger partial charge in [-0.1, -0.05) is 19.4 Å². The zero-order valence-corrected chi connectivity index (χ0v) is 10.7. The van der Waals surface area contributed by atoms with E-state index in [-0.39, 0.29) is 13.2 Å². The van der Waals surface area contributed by atoms with E-state index in [9.17, 15) is 8.42 Å². The van der Waals surface area contributed by atoms with E-state index in [0.717, 1.165) is 6.42 Å². The van der Waals surface area contributed by atoms with Crippen molar-refractivity contribution in [2.75, 3.05) is 13.2 Å². The molecule has 0 fully saturated rings. The van der Waals surface area contributed by atoms with Crippen molar-refractivity contribution in [2.45, 2.75) is 26.3 Å². The van der Waals surface area contributed by atoms with E-state index in [1.54, 1.807) is 0 Å². The molecule has 1 heterocycles. The molecule has 0 atom stereocenters. The molecule has 0 unspecified atom stereocenters. The van der Waals surface area contributed by atoms with Crippen molar-refractivity contribution in [1.82, 2.24) is 0 Å². The Kier molecular flexibility index (Phi) is 6.10. The fraction of sp³-hybridized carbons (Fsp3) is 0.545. The summed E-state index contributed by atoms with van der Waals surface area (Å²) < 4.78 is 33.7. The first-order valence-electron chi connectivity index (χ1n) is 5.62. The molecule has 96 valence electrons. The summed E-state index contributed by atoms with van der Waals surface area (Å²) in [7, 11) is -3.84. The molecule has 0 bridgehead atoms. The van der Waals surface area contributed by atoms with Gasteiger partial charge in [0.2, 0.25) is 0 Å². The van der Waals surface area contributed by atoms with E-state index >= 15 is 0 Å². The summed E-state index contributed by atoms with van der Waals surface area (Å²) in [6.07, 6.45) is 5.27. The van der Waals surface area contributed by atoms with Crippen LogP contribution < -0.4 is 4.57 Å². The summed E-state index contributed by atoms with van der Waals surface area (Å²) in [5, 5.41) is 0. The van der Waals surface area contributed by atoms with Crippen LogP contribution in [0.1, 0.15) is 19.8 Å². The SMILES string of the molecule is CCCCOS(=O)(=O)OCC[n+]1ccccc1. The van der Waals surface area contributed by atoms with Gasteiger partial charge in [-0.15, -0.1) is 0 Å². The standard InChI is InChI=1S/C11H18NO4S/c1-2-3-10-15-17(13,14)16-11-9-12-7-5-4-6-8-12/h4-8H,2-3,9-11H2,1H3/q+1. The molecule has 1 aromatic heterocycles. The predicted octanol–water partition coefficient (Wildman–Crippen LogP) is 1.05. The molecule has 0 aliphatic heterocycles. The molecule has 0 aliphatic carbocycles. The number of aromatic nitrogens is 1. The van der Waals surface area contributed by atoms with Gasteiger partial charge in [0.25, 0.3) is 0 Å². The molecule has 1 aromatic rings. The van der Waals surface area contributed by atoms with Crippen molar-refractivity contribution in [1.29, 1.82) is 0 Å². The lowest BCUT2D eigenvalue weighted by atomic mass is 10.4. The second kappa shape index (κ2) is 7.37. The second-order valence-electron chi connectivity index (χ2n) is 3.52. The maximum Gasteiger partial charge on any atom is 0.400 e. The fourth-order valence-electron chi connectivity index (χ4n) is 1.17. The molecule has 17 heavy (non-hydrogen) atoms. The van der Waals surface area contributed by atoms with Crippen molar-refractivity contribution < 1.29 is 21.4 Å². The topological polar surface area (TPSA) is 56.5 Å². The van der Waals surface area contributed by atoms with Crippen molar-refractivity contribution in [3.05, 3.63) is 30.6 Å². The minimum Gasteiger partial charge on any atom is -0.248 e. The number of unbranched alkanes of at least 4 members (excludes halogenated alkanes) is 1. The van der Waals surface area contributed by atoms with E-state index in [0.29, 0.717) is 13.0 Å². The quantitative estimate of drug-likeness (QED) is 0.518. The van der Waals surface area contributed by atoms with Crippen molar-refractivity contribution >= 4 is 10.4 Å². The highest BCUT2D eigenvalue weighted by Crippen LogP contribution is 1.98. The summed E-state index contributed by atoms with van der Waals surface area (Å²) in [6.45, 7) is 2.68. The normalized spacial score (nSPS) is 11.6. The highest BCUT2D eigenvalue weighted by molar-refractivity contribution is 7.81. The first-order chi connectivity index (χ1) is 8.14. The van der Waals surface area contributed by atoms with E-state index < -0.39 is 10.4 Å². The van der Waals surface area contributed by atoms with Gasteiger partial charge in [0.1, 0.15) is 6.61 Å². The molecule has 0 spiro atoms. The molecule has 0 aliphatic rings. The summed E-state index contributed by atoms with van der Waals surface area (Å²) in [5.74, 6) is 0. The molecule has 1 rings (SSSR count). The molecular weight excluding hydrogens is 242 g/mol. The van der Waals surface area contributed by atoms with Gasteiger partial charge in [0, 0.05) is 12.1 Å². The monoisotopic (exact) mass is 260 g/mol. The van der Waals surface area contributed by atoms with Gasteiger partial charge in [0.15, 0.2) is 18.9 Å². The molecule has 0 saturated heterocycles. The predicted molar refractivity (Wildman–Crippen MR) is 62.4 cm³/mol. The highest BCUT2D eigenvalue weighted by atomic mass is 32.3. The third-order valence-corrected chi connectivity index (χ3v) is 2.99. The Bertz CT molecular complexity index is 405. The summed E-state index contributed by atoms with van der Waals surface area (Å²) in [6, 6.07) is 5.63. The van der Waals surface area contributed by atoms with Crippen molar-refractivity contribution in [3.8, 4) is 0 Å². The van der Waals surface area contributed by atoms with Crippen LogP contribution in [-0.2, 0) is 25.3 Å². The lowest BCUT2D eigenvalue weighted by Crippen LogP contribution is -2.35. The van der Waals surface area contributed by atoms with Crippen LogP contribution >= 0.6 is 0 Å². The lowest BCUT2D eigenvalue weighted by molar-refractivity contribution is -0.697. The average molecular weight is 260 g/mol. The van der Waals surface area contributed by atoms with Gasteiger partial charge in [-0.2, -0.15) is 8.42 Å². The average Bonchev–Trinajstić information content (AvgIpc) is 2.30.